The van der Waals surface area contributed by atoms with Crippen molar-refractivity contribution in [2.75, 3.05) is 13.1 Å². The predicted molar refractivity (Wildman–Crippen MR) is 80.2 cm³/mol. The van der Waals surface area contributed by atoms with Gasteiger partial charge in [-0.1, -0.05) is 19.1 Å². The van der Waals surface area contributed by atoms with Crippen LogP contribution in [0.3, 0.4) is 0 Å². The third-order valence-corrected chi connectivity index (χ3v) is 6.00. The molecular weight excluding hydrogens is 290 g/mol. The van der Waals surface area contributed by atoms with Gasteiger partial charge in [0.15, 0.2) is 0 Å². The van der Waals surface area contributed by atoms with E-state index >= 15 is 0 Å². The highest BCUT2D eigenvalue weighted by molar-refractivity contribution is 7.89. The molecule has 0 amide bonds. The fourth-order valence-electron chi connectivity index (χ4n) is 2.63. The van der Waals surface area contributed by atoms with Crippen molar-refractivity contribution in [2.24, 2.45) is 5.92 Å². The van der Waals surface area contributed by atoms with Crippen molar-refractivity contribution < 1.29 is 18.6 Å². The van der Waals surface area contributed by atoms with E-state index in [1.165, 1.54) is 4.31 Å². The van der Waals surface area contributed by atoms with Crippen LogP contribution in [-0.4, -0.2) is 42.1 Å². The van der Waals surface area contributed by atoms with Gasteiger partial charge < -0.3 is 10.2 Å². The van der Waals surface area contributed by atoms with Gasteiger partial charge in [-0.25, -0.2) is 8.42 Å². The van der Waals surface area contributed by atoms with E-state index in [4.69, 9.17) is 0 Å². The molecule has 1 aliphatic rings. The fraction of sp³-hybridized carbons (Fsp3) is 0.600. The molecule has 3 atom stereocenters. The summed E-state index contributed by atoms with van der Waals surface area (Å²) in [5, 5.41) is 19.5. The van der Waals surface area contributed by atoms with Crippen molar-refractivity contribution in [3.63, 3.8) is 0 Å². The van der Waals surface area contributed by atoms with Gasteiger partial charge in [0.25, 0.3) is 0 Å². The van der Waals surface area contributed by atoms with Crippen LogP contribution in [0.5, 0.6) is 0 Å². The van der Waals surface area contributed by atoms with Crippen molar-refractivity contribution in [1.29, 1.82) is 0 Å². The van der Waals surface area contributed by atoms with E-state index in [0.29, 0.717) is 31.5 Å². The maximum Gasteiger partial charge on any atom is 0.243 e. The highest BCUT2D eigenvalue weighted by Gasteiger charge is 2.34. The number of aliphatic hydroxyl groups is 2. The second kappa shape index (κ2) is 6.44. The Balaban J connectivity index is 2.24. The van der Waals surface area contributed by atoms with E-state index in [1.54, 1.807) is 31.2 Å². The lowest BCUT2D eigenvalue weighted by Crippen LogP contribution is -2.30. The van der Waals surface area contributed by atoms with Gasteiger partial charge in [-0.05, 0) is 43.4 Å². The van der Waals surface area contributed by atoms with Crippen LogP contribution in [0, 0.1) is 5.92 Å². The van der Waals surface area contributed by atoms with Crippen molar-refractivity contribution in [2.45, 2.75) is 43.8 Å². The van der Waals surface area contributed by atoms with Gasteiger partial charge in [0.05, 0.1) is 17.1 Å². The van der Waals surface area contributed by atoms with Crippen LogP contribution in [-0.2, 0) is 10.0 Å². The number of benzene rings is 1. The molecule has 1 fully saturated rings. The van der Waals surface area contributed by atoms with Crippen molar-refractivity contribution in [1.82, 2.24) is 4.31 Å². The average molecular weight is 313 g/mol. The molecule has 118 valence electrons. The highest BCUT2D eigenvalue weighted by Crippen LogP contribution is 2.27. The smallest absolute Gasteiger partial charge is 0.243 e. The zero-order valence-corrected chi connectivity index (χ0v) is 13.3. The molecule has 6 heteroatoms. The summed E-state index contributed by atoms with van der Waals surface area (Å²) in [6.45, 7) is 4.32. The molecule has 0 bridgehead atoms. The molecule has 0 radical (unpaired) electrons. The first-order valence-corrected chi connectivity index (χ1v) is 8.76. The summed E-state index contributed by atoms with van der Waals surface area (Å²) in [6, 6.07) is 6.48. The Morgan fingerprint density at radius 3 is 2.67 bits per heavy atom. The summed E-state index contributed by atoms with van der Waals surface area (Å²) < 4.78 is 26.7. The second-order valence-electron chi connectivity index (χ2n) is 5.65. The summed E-state index contributed by atoms with van der Waals surface area (Å²) in [6.07, 6.45) is 0.0632. The van der Waals surface area contributed by atoms with Crippen LogP contribution in [0.25, 0.3) is 0 Å². The Hall–Kier alpha value is -0.950. The minimum absolute atomic E-state index is 0.0100. The first-order valence-electron chi connectivity index (χ1n) is 7.32. The summed E-state index contributed by atoms with van der Waals surface area (Å²) in [5.41, 5.74) is 0.616. The molecule has 0 aliphatic carbocycles. The Morgan fingerprint density at radius 1 is 1.38 bits per heavy atom. The van der Waals surface area contributed by atoms with Crippen molar-refractivity contribution >= 4 is 10.0 Å². The third-order valence-electron chi connectivity index (χ3n) is 4.14. The molecule has 0 saturated carbocycles. The third kappa shape index (κ3) is 3.45. The molecule has 1 aromatic carbocycles. The number of hydrogen-bond donors (Lipinski definition) is 2. The second-order valence-corrected chi connectivity index (χ2v) is 7.59. The summed E-state index contributed by atoms with van der Waals surface area (Å²) in [5.74, 6) is -0.0100. The van der Waals surface area contributed by atoms with Crippen molar-refractivity contribution in [3.8, 4) is 0 Å². The quantitative estimate of drug-likeness (QED) is 0.864. The highest BCUT2D eigenvalue weighted by atomic mass is 32.2. The number of hydrogen-bond acceptors (Lipinski definition) is 4. The molecule has 2 N–H and O–H groups in total. The SMILES string of the molecule is CCC(O)c1cccc(S(=O)(=O)N2CCC(C(C)O)C2)c1. The number of rotatable bonds is 5. The van der Waals surface area contributed by atoms with E-state index in [1.807, 2.05) is 6.92 Å². The molecule has 5 nitrogen and oxygen atoms in total. The largest absolute Gasteiger partial charge is 0.393 e. The van der Waals surface area contributed by atoms with E-state index in [0.717, 1.165) is 0 Å². The van der Waals surface area contributed by atoms with Gasteiger partial charge in [-0.3, -0.25) is 0 Å². The Bertz CT molecular complexity index is 585. The molecule has 0 spiro atoms. The predicted octanol–water partition coefficient (Wildman–Crippen LogP) is 1.52. The fourth-order valence-corrected chi connectivity index (χ4v) is 4.20. The molecule has 1 aromatic rings. The molecule has 2 rings (SSSR count). The first-order chi connectivity index (χ1) is 9.86. The van der Waals surface area contributed by atoms with Gasteiger partial charge in [-0.15, -0.1) is 0 Å². The van der Waals surface area contributed by atoms with Gasteiger partial charge in [0, 0.05) is 13.1 Å². The van der Waals surface area contributed by atoms with Crippen LogP contribution in [0.1, 0.15) is 38.4 Å². The van der Waals surface area contributed by atoms with Crippen LogP contribution in [0.2, 0.25) is 0 Å². The lowest BCUT2D eigenvalue weighted by Gasteiger charge is -2.18. The lowest BCUT2D eigenvalue weighted by molar-refractivity contribution is 0.133. The van der Waals surface area contributed by atoms with Crippen LogP contribution in [0.15, 0.2) is 29.2 Å². The molecule has 21 heavy (non-hydrogen) atoms. The monoisotopic (exact) mass is 313 g/mol. The van der Waals surface area contributed by atoms with E-state index in [-0.39, 0.29) is 10.8 Å². The normalized spacial score (nSPS) is 23.1. The molecule has 1 heterocycles. The van der Waals surface area contributed by atoms with Crippen molar-refractivity contribution in [3.05, 3.63) is 29.8 Å². The molecule has 0 aromatic heterocycles. The van der Waals surface area contributed by atoms with Gasteiger partial charge >= 0.3 is 0 Å². The van der Waals surface area contributed by atoms with E-state index in [2.05, 4.69) is 0 Å². The lowest BCUT2D eigenvalue weighted by atomic mass is 10.0. The topological polar surface area (TPSA) is 77.8 Å². The van der Waals surface area contributed by atoms with Gasteiger partial charge in [-0.2, -0.15) is 4.31 Å². The zero-order valence-electron chi connectivity index (χ0n) is 12.4. The maximum atomic E-state index is 12.6. The molecule has 1 aliphatic heterocycles. The summed E-state index contributed by atoms with van der Waals surface area (Å²) in [4.78, 5) is 0.207. The molecule has 1 saturated heterocycles. The summed E-state index contributed by atoms with van der Waals surface area (Å²) >= 11 is 0. The number of aliphatic hydroxyl groups excluding tert-OH is 2. The number of sulfonamides is 1. The maximum absolute atomic E-state index is 12.6. The van der Waals surface area contributed by atoms with Gasteiger partial charge in [0.1, 0.15) is 0 Å². The van der Waals surface area contributed by atoms with Crippen LogP contribution < -0.4 is 0 Å². The Morgan fingerprint density at radius 2 is 2.10 bits per heavy atom. The zero-order chi connectivity index (χ0) is 15.6. The van der Waals surface area contributed by atoms with E-state index in [9.17, 15) is 18.6 Å². The minimum Gasteiger partial charge on any atom is -0.393 e. The van der Waals surface area contributed by atoms with Crippen LogP contribution in [0.4, 0.5) is 0 Å². The first kappa shape index (κ1) is 16.4. The summed E-state index contributed by atoms with van der Waals surface area (Å²) in [7, 11) is -3.56. The molecule has 3 unspecified atom stereocenters. The minimum atomic E-state index is -3.56. The van der Waals surface area contributed by atoms with Crippen LogP contribution >= 0.6 is 0 Å². The average Bonchev–Trinajstić information content (AvgIpc) is 2.97. The Kier molecular flexibility index (Phi) is 5.03. The Labute approximate surface area is 126 Å². The molecular formula is C15H23NO4S. The van der Waals surface area contributed by atoms with E-state index < -0.39 is 22.2 Å². The standard InChI is InChI=1S/C15H23NO4S/c1-3-15(18)12-5-4-6-14(9-12)21(19,20)16-8-7-13(10-16)11(2)17/h4-6,9,11,13,15,17-18H,3,7-8,10H2,1-2H3. The number of nitrogens with zero attached hydrogens (tertiary/aromatic N) is 1. The van der Waals surface area contributed by atoms with Gasteiger partial charge in [0.2, 0.25) is 10.0 Å².